The van der Waals surface area contributed by atoms with Crippen LogP contribution in [0.2, 0.25) is 5.04 Å². The summed E-state index contributed by atoms with van der Waals surface area (Å²) < 4.78 is 11.8. The zero-order valence-electron chi connectivity index (χ0n) is 19.4. The van der Waals surface area contributed by atoms with E-state index < -0.39 is 26.3 Å². The molecule has 0 aromatic heterocycles. The lowest BCUT2D eigenvalue weighted by atomic mass is 9.90. The molecular weight excluding hydrogens is 404 g/mol. The molecule has 0 bridgehead atoms. The van der Waals surface area contributed by atoms with E-state index in [2.05, 4.69) is 51.6 Å². The molecule has 2 aromatic rings. The third-order valence-corrected chi connectivity index (χ3v) is 10.9. The smallest absolute Gasteiger partial charge is 0.311 e. The highest BCUT2D eigenvalue weighted by molar-refractivity contribution is 6.99. The summed E-state index contributed by atoms with van der Waals surface area (Å²) in [5.41, 5.74) is 0. The number of carbonyl (C=O) groups is 1. The molecule has 0 amide bonds. The third-order valence-electron chi connectivity index (χ3n) is 5.90. The number of rotatable bonds is 10. The molecule has 4 nitrogen and oxygen atoms in total. The van der Waals surface area contributed by atoms with Crippen LogP contribution in [0.5, 0.6) is 0 Å². The Hall–Kier alpha value is -2.21. The van der Waals surface area contributed by atoms with E-state index in [-0.39, 0.29) is 11.0 Å². The lowest BCUT2D eigenvalue weighted by Crippen LogP contribution is -2.67. The Labute approximate surface area is 188 Å². The Kier molecular flexibility index (Phi) is 8.80. The summed E-state index contributed by atoms with van der Waals surface area (Å²) in [6.07, 6.45) is 1.11. The number of benzene rings is 2. The lowest BCUT2D eigenvalue weighted by molar-refractivity contribution is -0.151. The molecule has 0 fully saturated rings. The maximum Gasteiger partial charge on any atom is 0.311 e. The highest BCUT2D eigenvalue weighted by atomic mass is 28.4. The number of methoxy groups -OCH3 is 1. The number of esters is 1. The normalized spacial score (nSPS) is 15.0. The fourth-order valence-electron chi connectivity index (χ4n) is 4.22. The van der Waals surface area contributed by atoms with Crippen molar-refractivity contribution in [2.45, 2.75) is 45.3 Å². The van der Waals surface area contributed by atoms with Gasteiger partial charge < -0.3 is 14.3 Å². The van der Waals surface area contributed by atoms with Crippen LogP contribution in [0.3, 0.4) is 0 Å². The average molecular weight is 441 g/mol. The number of hydrogen-bond donors (Lipinski definition) is 1. The minimum atomic E-state index is -2.69. The first-order valence-electron chi connectivity index (χ1n) is 10.8. The Balaban J connectivity index is 2.43. The Morgan fingerprint density at radius 1 is 1.06 bits per heavy atom. The number of ether oxygens (including phenoxy) is 1. The molecule has 0 aliphatic heterocycles. The summed E-state index contributed by atoms with van der Waals surface area (Å²) in [5, 5.41) is 13.2. The highest BCUT2D eigenvalue weighted by Gasteiger charge is 2.50. The van der Waals surface area contributed by atoms with Crippen LogP contribution in [0.1, 0.15) is 34.1 Å². The molecule has 0 radical (unpaired) electrons. The Morgan fingerprint density at radius 3 is 1.94 bits per heavy atom. The van der Waals surface area contributed by atoms with Gasteiger partial charge in [0.1, 0.15) is 0 Å². The molecule has 2 aromatic carbocycles. The minimum Gasteiger partial charge on any atom is -0.469 e. The minimum absolute atomic E-state index is 0.150. The molecule has 0 unspecified atom stereocenters. The summed E-state index contributed by atoms with van der Waals surface area (Å²) in [6, 6.07) is 20.8. The van der Waals surface area contributed by atoms with Crippen molar-refractivity contribution >= 4 is 24.7 Å². The summed E-state index contributed by atoms with van der Waals surface area (Å²) in [7, 11) is -1.35. The van der Waals surface area contributed by atoms with Crippen LogP contribution in [0.25, 0.3) is 0 Å². The highest BCUT2D eigenvalue weighted by Crippen LogP contribution is 2.37. The largest absolute Gasteiger partial charge is 0.469 e. The summed E-state index contributed by atoms with van der Waals surface area (Å²) >= 11 is 0. The molecular formula is C26H36O4Si. The second-order valence-corrected chi connectivity index (χ2v) is 13.4. The summed E-state index contributed by atoms with van der Waals surface area (Å²) in [4.78, 5) is 12.2. The van der Waals surface area contributed by atoms with Gasteiger partial charge in [0, 0.05) is 12.5 Å². The van der Waals surface area contributed by atoms with Crippen LogP contribution in [0.4, 0.5) is 0 Å². The molecule has 3 atom stereocenters. The van der Waals surface area contributed by atoms with Gasteiger partial charge in [-0.25, -0.2) is 0 Å². The van der Waals surface area contributed by atoms with Crippen LogP contribution in [0.15, 0.2) is 73.3 Å². The fraction of sp³-hybridized carbons (Fsp3) is 0.423. The molecule has 5 heteroatoms. The van der Waals surface area contributed by atoms with Crippen LogP contribution >= 0.6 is 0 Å². The van der Waals surface area contributed by atoms with Crippen molar-refractivity contribution in [3.8, 4) is 0 Å². The average Bonchev–Trinajstić information content (AvgIpc) is 2.77. The van der Waals surface area contributed by atoms with Gasteiger partial charge in [-0.1, -0.05) is 94.4 Å². The van der Waals surface area contributed by atoms with E-state index in [0.29, 0.717) is 13.0 Å². The van der Waals surface area contributed by atoms with Crippen molar-refractivity contribution in [3.63, 3.8) is 0 Å². The maximum atomic E-state index is 12.2. The second kappa shape index (κ2) is 10.9. The maximum absolute atomic E-state index is 12.2. The first kappa shape index (κ1) is 25.1. The van der Waals surface area contributed by atoms with E-state index in [0.717, 1.165) is 0 Å². The molecule has 0 spiro atoms. The number of hydrogen-bond acceptors (Lipinski definition) is 4. The molecule has 31 heavy (non-hydrogen) atoms. The SMILES string of the molecule is C=CC[C@@H](C(=O)OC)[C@H](O)[C@@H](C)CO[Si](c1ccccc1)(c1ccccc1)C(C)(C)C. The van der Waals surface area contributed by atoms with Crippen molar-refractivity contribution in [1.82, 2.24) is 0 Å². The van der Waals surface area contributed by atoms with Gasteiger partial charge in [-0.15, -0.1) is 6.58 Å². The molecule has 0 saturated carbocycles. The Bertz CT molecular complexity index is 790. The van der Waals surface area contributed by atoms with E-state index >= 15 is 0 Å². The molecule has 0 heterocycles. The second-order valence-electron chi connectivity index (χ2n) is 9.10. The first-order chi connectivity index (χ1) is 14.7. The number of allylic oxidation sites excluding steroid dienone is 1. The third kappa shape index (κ3) is 5.53. The van der Waals surface area contributed by atoms with Crippen molar-refractivity contribution in [3.05, 3.63) is 73.3 Å². The van der Waals surface area contributed by atoms with E-state index in [1.807, 2.05) is 43.3 Å². The van der Waals surface area contributed by atoms with Gasteiger partial charge in [0.15, 0.2) is 0 Å². The van der Waals surface area contributed by atoms with Gasteiger partial charge in [-0.05, 0) is 21.8 Å². The van der Waals surface area contributed by atoms with Gasteiger partial charge in [0.25, 0.3) is 8.32 Å². The van der Waals surface area contributed by atoms with E-state index in [1.54, 1.807) is 6.08 Å². The van der Waals surface area contributed by atoms with Crippen molar-refractivity contribution in [1.29, 1.82) is 0 Å². The van der Waals surface area contributed by atoms with Crippen molar-refractivity contribution in [2.24, 2.45) is 11.8 Å². The van der Waals surface area contributed by atoms with Crippen LogP contribution < -0.4 is 10.4 Å². The topological polar surface area (TPSA) is 55.8 Å². The van der Waals surface area contributed by atoms with Gasteiger partial charge in [0.2, 0.25) is 0 Å². The number of aliphatic hydroxyl groups excluding tert-OH is 1. The predicted octanol–water partition coefficient (Wildman–Crippen LogP) is 3.93. The van der Waals surface area contributed by atoms with E-state index in [1.165, 1.54) is 17.5 Å². The predicted molar refractivity (Wildman–Crippen MR) is 129 cm³/mol. The quantitative estimate of drug-likeness (QED) is 0.346. The number of aliphatic hydroxyl groups is 1. The summed E-state index contributed by atoms with van der Waals surface area (Å²) in [5.74, 6) is -1.34. The zero-order valence-corrected chi connectivity index (χ0v) is 20.4. The fourth-order valence-corrected chi connectivity index (χ4v) is 8.89. The first-order valence-corrected chi connectivity index (χ1v) is 12.7. The molecule has 168 valence electrons. The van der Waals surface area contributed by atoms with Crippen molar-refractivity contribution in [2.75, 3.05) is 13.7 Å². The van der Waals surface area contributed by atoms with E-state index in [4.69, 9.17) is 9.16 Å². The van der Waals surface area contributed by atoms with Gasteiger partial charge in [-0.2, -0.15) is 0 Å². The van der Waals surface area contributed by atoms with Gasteiger partial charge >= 0.3 is 5.97 Å². The lowest BCUT2D eigenvalue weighted by Gasteiger charge is -2.44. The van der Waals surface area contributed by atoms with Crippen LogP contribution in [0, 0.1) is 11.8 Å². The molecule has 0 saturated heterocycles. The van der Waals surface area contributed by atoms with Crippen LogP contribution in [-0.4, -0.2) is 39.2 Å². The molecule has 0 aliphatic carbocycles. The monoisotopic (exact) mass is 440 g/mol. The zero-order chi connectivity index (χ0) is 23.1. The number of carbonyl (C=O) groups excluding carboxylic acids is 1. The molecule has 1 N–H and O–H groups in total. The molecule has 2 rings (SSSR count). The van der Waals surface area contributed by atoms with Gasteiger partial charge in [-0.3, -0.25) is 4.79 Å². The standard InChI is InChI=1S/C26H36O4Si/c1-7-14-23(25(28)29-6)24(27)20(2)19-30-31(26(3,4)5,21-15-10-8-11-16-21)22-17-12-9-13-18-22/h7-13,15-18,20,23-24,27H,1,14,19H2,2-6H3/t20-,23+,24+/m0/s1. The summed E-state index contributed by atoms with van der Waals surface area (Å²) in [6.45, 7) is 12.6. The van der Waals surface area contributed by atoms with E-state index in [9.17, 15) is 9.90 Å². The molecule has 0 aliphatic rings. The Morgan fingerprint density at radius 2 is 1.55 bits per heavy atom. The van der Waals surface area contributed by atoms with Crippen LogP contribution in [-0.2, 0) is 14.0 Å². The van der Waals surface area contributed by atoms with Crippen molar-refractivity contribution < 1.29 is 19.1 Å². The van der Waals surface area contributed by atoms with Gasteiger partial charge in [0.05, 0.1) is 19.1 Å².